The van der Waals surface area contributed by atoms with Gasteiger partial charge in [-0.25, -0.2) is 4.79 Å². The lowest BCUT2D eigenvalue weighted by Gasteiger charge is -1.94. The zero-order valence-corrected chi connectivity index (χ0v) is 6.00. The first kappa shape index (κ1) is 8.68. The van der Waals surface area contributed by atoms with Gasteiger partial charge in [0.2, 0.25) is 0 Å². The summed E-state index contributed by atoms with van der Waals surface area (Å²) in [4.78, 5) is 14.3. The molecule has 0 aromatic heterocycles. The Balaban J connectivity index is 4.23. The third-order valence-electron chi connectivity index (χ3n) is 0.890. The van der Waals surface area contributed by atoms with Gasteiger partial charge in [0.15, 0.2) is 0 Å². The van der Waals surface area contributed by atoms with Crippen molar-refractivity contribution in [1.82, 2.24) is 0 Å². The van der Waals surface area contributed by atoms with E-state index in [0.717, 1.165) is 0 Å². The van der Waals surface area contributed by atoms with Crippen molar-refractivity contribution in [2.45, 2.75) is 0 Å². The monoisotopic (exact) mass is 142 g/mol. The van der Waals surface area contributed by atoms with Crippen molar-refractivity contribution >= 4 is 11.7 Å². The van der Waals surface area contributed by atoms with Crippen LogP contribution < -0.4 is 5.73 Å². The number of rotatable bonds is 2. The van der Waals surface area contributed by atoms with Crippen LogP contribution in [0.25, 0.3) is 0 Å². The predicted octanol–water partition coefficient (Wildman–Crippen LogP) is -0.297. The molecule has 2 N–H and O–H groups in total. The summed E-state index contributed by atoms with van der Waals surface area (Å²) in [6, 6.07) is 0. The number of hydrogen-bond donors (Lipinski definition) is 1. The number of hydrogen-bond acceptors (Lipinski definition) is 4. The molecule has 0 bridgehead atoms. The highest BCUT2D eigenvalue weighted by molar-refractivity contribution is 6.41. The van der Waals surface area contributed by atoms with E-state index in [9.17, 15) is 4.79 Å². The predicted molar refractivity (Wildman–Crippen MR) is 38.7 cm³/mol. The fourth-order valence-electron chi connectivity index (χ4n) is 0.430. The van der Waals surface area contributed by atoms with E-state index in [4.69, 9.17) is 5.73 Å². The molecular weight excluding hydrogens is 132 g/mol. The van der Waals surface area contributed by atoms with Crippen LogP contribution in [0.15, 0.2) is 17.3 Å². The third-order valence-corrected chi connectivity index (χ3v) is 0.890. The summed E-state index contributed by atoms with van der Waals surface area (Å²) in [5.41, 5.74) is 5.24. The summed E-state index contributed by atoms with van der Waals surface area (Å²) in [6.45, 7) is 0. The Morgan fingerprint density at radius 3 is 2.60 bits per heavy atom. The van der Waals surface area contributed by atoms with Crippen LogP contribution in [-0.2, 0) is 9.53 Å². The van der Waals surface area contributed by atoms with Gasteiger partial charge in [-0.05, 0) is 12.3 Å². The smallest absolute Gasteiger partial charge is 0.356 e. The Hall–Kier alpha value is -1.32. The first-order chi connectivity index (χ1) is 4.76. The Labute approximate surface area is 59.4 Å². The van der Waals surface area contributed by atoms with Crippen LogP contribution in [0.1, 0.15) is 0 Å². The molecule has 4 nitrogen and oxygen atoms in total. The Bertz CT molecular complexity index is 173. The molecule has 0 aliphatic heterocycles. The molecule has 0 radical (unpaired) electrons. The summed E-state index contributed by atoms with van der Waals surface area (Å²) < 4.78 is 4.38. The molecule has 0 aliphatic carbocycles. The second-order valence-corrected chi connectivity index (χ2v) is 1.46. The maximum absolute atomic E-state index is 10.7. The van der Waals surface area contributed by atoms with Gasteiger partial charge in [-0.1, -0.05) is 0 Å². The number of ether oxygens (including phenoxy) is 1. The van der Waals surface area contributed by atoms with E-state index in [-0.39, 0.29) is 5.71 Å². The lowest BCUT2D eigenvalue weighted by Crippen LogP contribution is -2.13. The van der Waals surface area contributed by atoms with Crippen molar-refractivity contribution in [3.63, 3.8) is 0 Å². The van der Waals surface area contributed by atoms with Gasteiger partial charge in [-0.3, -0.25) is 4.99 Å². The molecule has 0 aliphatic rings. The van der Waals surface area contributed by atoms with Crippen LogP contribution in [-0.4, -0.2) is 25.8 Å². The Morgan fingerprint density at radius 2 is 2.30 bits per heavy atom. The number of nitrogens with zero attached hydrogens (tertiary/aromatic N) is 1. The van der Waals surface area contributed by atoms with E-state index in [1.54, 1.807) is 0 Å². The molecule has 4 heteroatoms. The molecule has 56 valence electrons. The Morgan fingerprint density at radius 1 is 1.70 bits per heavy atom. The molecule has 0 heterocycles. The number of carbonyl (C=O) groups is 1. The van der Waals surface area contributed by atoms with Crippen molar-refractivity contribution in [1.29, 1.82) is 0 Å². The van der Waals surface area contributed by atoms with Crippen molar-refractivity contribution in [3.8, 4) is 0 Å². The van der Waals surface area contributed by atoms with Crippen LogP contribution in [0.2, 0.25) is 0 Å². The normalized spacial score (nSPS) is 12.0. The molecule has 0 saturated heterocycles. The topological polar surface area (TPSA) is 64.7 Å². The van der Waals surface area contributed by atoms with E-state index in [1.807, 2.05) is 0 Å². The van der Waals surface area contributed by atoms with Gasteiger partial charge >= 0.3 is 5.97 Å². The van der Waals surface area contributed by atoms with Crippen molar-refractivity contribution in [2.75, 3.05) is 14.2 Å². The average molecular weight is 142 g/mol. The lowest BCUT2D eigenvalue weighted by molar-refractivity contribution is -0.132. The van der Waals surface area contributed by atoms with Gasteiger partial charge in [0, 0.05) is 7.05 Å². The van der Waals surface area contributed by atoms with Gasteiger partial charge in [0.25, 0.3) is 0 Å². The second kappa shape index (κ2) is 4.55. The second-order valence-electron chi connectivity index (χ2n) is 1.46. The summed E-state index contributed by atoms with van der Waals surface area (Å²) in [7, 11) is 2.78. The van der Waals surface area contributed by atoms with Crippen LogP contribution in [0.5, 0.6) is 0 Å². The van der Waals surface area contributed by atoms with Crippen molar-refractivity contribution < 1.29 is 9.53 Å². The molecule has 0 aromatic carbocycles. The summed E-state index contributed by atoms with van der Waals surface area (Å²) >= 11 is 0. The zero-order valence-electron chi connectivity index (χ0n) is 6.00. The summed E-state index contributed by atoms with van der Waals surface area (Å²) in [5, 5.41) is 0. The van der Waals surface area contributed by atoms with Crippen LogP contribution in [0, 0.1) is 0 Å². The molecule has 10 heavy (non-hydrogen) atoms. The molecule has 0 atom stereocenters. The van der Waals surface area contributed by atoms with Gasteiger partial charge in [0.1, 0.15) is 5.71 Å². The average Bonchev–Trinajstić information content (AvgIpc) is 1.99. The minimum Gasteiger partial charge on any atom is -0.464 e. The van der Waals surface area contributed by atoms with Gasteiger partial charge < -0.3 is 10.5 Å². The summed E-state index contributed by atoms with van der Waals surface area (Å²) in [6.07, 6.45) is 2.62. The van der Waals surface area contributed by atoms with Crippen molar-refractivity contribution in [3.05, 3.63) is 12.3 Å². The largest absolute Gasteiger partial charge is 0.464 e. The van der Waals surface area contributed by atoms with E-state index in [2.05, 4.69) is 9.73 Å². The van der Waals surface area contributed by atoms with Crippen LogP contribution in [0.4, 0.5) is 0 Å². The highest BCUT2D eigenvalue weighted by atomic mass is 16.5. The minimum atomic E-state index is -0.482. The number of nitrogens with two attached hydrogens (primary N) is 1. The third kappa shape index (κ3) is 2.30. The molecule has 0 aromatic rings. The van der Waals surface area contributed by atoms with Crippen LogP contribution in [0.3, 0.4) is 0 Å². The molecule has 0 rings (SSSR count). The first-order valence-corrected chi connectivity index (χ1v) is 2.69. The van der Waals surface area contributed by atoms with E-state index >= 15 is 0 Å². The number of carbonyl (C=O) groups excluding carboxylic acids is 1. The molecule has 0 spiro atoms. The quantitative estimate of drug-likeness (QED) is 0.425. The first-order valence-electron chi connectivity index (χ1n) is 2.69. The van der Waals surface area contributed by atoms with Gasteiger partial charge in [0.05, 0.1) is 7.11 Å². The fourth-order valence-corrected chi connectivity index (χ4v) is 0.430. The zero-order chi connectivity index (χ0) is 7.98. The number of esters is 1. The molecule has 0 amide bonds. The SMILES string of the molecule is CN=C(/C=C\N)C(=O)OC. The maximum Gasteiger partial charge on any atom is 0.356 e. The standard InChI is InChI=1S/C6H10N2O2/c1-8-5(3-4-7)6(9)10-2/h3-4H,7H2,1-2H3/b4-3-,8-5?. The maximum atomic E-state index is 10.7. The van der Waals surface area contributed by atoms with Crippen molar-refractivity contribution in [2.24, 2.45) is 10.7 Å². The molecule has 0 unspecified atom stereocenters. The van der Waals surface area contributed by atoms with Gasteiger partial charge in [-0.2, -0.15) is 0 Å². The van der Waals surface area contributed by atoms with E-state index < -0.39 is 5.97 Å². The molecule has 0 fully saturated rings. The van der Waals surface area contributed by atoms with Crippen LogP contribution >= 0.6 is 0 Å². The summed E-state index contributed by atoms with van der Waals surface area (Å²) in [5.74, 6) is -0.482. The highest BCUT2D eigenvalue weighted by Gasteiger charge is 2.04. The Kier molecular flexibility index (Phi) is 3.95. The minimum absolute atomic E-state index is 0.213. The number of aliphatic imine (C=N–C) groups is 1. The number of methoxy groups -OCH3 is 1. The molecular formula is C6H10N2O2. The van der Waals surface area contributed by atoms with Gasteiger partial charge in [-0.15, -0.1) is 0 Å². The molecule has 0 saturated carbocycles. The highest BCUT2D eigenvalue weighted by Crippen LogP contribution is 1.83. The fraction of sp³-hybridized carbons (Fsp3) is 0.333. The lowest BCUT2D eigenvalue weighted by atomic mass is 10.4. The van der Waals surface area contributed by atoms with E-state index in [1.165, 1.54) is 26.4 Å². The van der Waals surface area contributed by atoms with E-state index in [0.29, 0.717) is 0 Å².